The highest BCUT2D eigenvalue weighted by Gasteiger charge is 2.39. The van der Waals surface area contributed by atoms with Crippen LogP contribution in [0.3, 0.4) is 0 Å². The normalized spacial score (nSPS) is 19.8. The van der Waals surface area contributed by atoms with Gasteiger partial charge in [-0.25, -0.2) is 4.79 Å². The highest BCUT2D eigenvalue weighted by Crippen LogP contribution is 2.44. The van der Waals surface area contributed by atoms with Gasteiger partial charge in [-0.2, -0.15) is 0 Å². The molecular formula is C28H34N2O5. The number of nitrogens with zero attached hydrogens (tertiary/aromatic N) is 1. The van der Waals surface area contributed by atoms with Crippen LogP contribution in [0.5, 0.6) is 0 Å². The van der Waals surface area contributed by atoms with Gasteiger partial charge < -0.3 is 20.1 Å². The molecule has 4 rings (SSSR count). The number of hydrogen-bond donors (Lipinski definition) is 2. The molecule has 2 amide bonds. The second-order valence-corrected chi connectivity index (χ2v) is 10.2. The van der Waals surface area contributed by atoms with Crippen LogP contribution in [0.1, 0.15) is 44.2 Å². The van der Waals surface area contributed by atoms with E-state index in [2.05, 4.69) is 29.6 Å². The molecule has 2 aromatic rings. The monoisotopic (exact) mass is 478 g/mol. The zero-order chi connectivity index (χ0) is 25.1. The molecule has 0 aromatic heterocycles. The third-order valence-electron chi connectivity index (χ3n) is 7.18. The Hall–Kier alpha value is -3.35. The summed E-state index contributed by atoms with van der Waals surface area (Å²) in [5, 5.41) is 12.2. The van der Waals surface area contributed by atoms with E-state index in [1.54, 1.807) is 4.90 Å². The highest BCUT2D eigenvalue weighted by molar-refractivity contribution is 5.82. The van der Waals surface area contributed by atoms with Crippen molar-refractivity contribution in [3.8, 4) is 11.1 Å². The molecule has 0 radical (unpaired) electrons. The van der Waals surface area contributed by atoms with Crippen LogP contribution in [0.4, 0.5) is 4.79 Å². The van der Waals surface area contributed by atoms with Crippen molar-refractivity contribution in [1.82, 2.24) is 10.2 Å². The number of carbonyl (C=O) groups is 3. The van der Waals surface area contributed by atoms with Crippen LogP contribution < -0.4 is 5.32 Å². The molecule has 186 valence electrons. The number of fused-ring (bicyclic) bond motifs is 3. The summed E-state index contributed by atoms with van der Waals surface area (Å²) in [5.74, 6) is -1.81. The Morgan fingerprint density at radius 2 is 1.63 bits per heavy atom. The van der Waals surface area contributed by atoms with Crippen LogP contribution in [-0.2, 0) is 14.3 Å². The lowest BCUT2D eigenvalue weighted by Gasteiger charge is -2.25. The minimum Gasteiger partial charge on any atom is -0.481 e. The summed E-state index contributed by atoms with van der Waals surface area (Å²) in [6.45, 7) is 6.94. The number of hydrogen-bond acceptors (Lipinski definition) is 4. The Morgan fingerprint density at radius 3 is 2.17 bits per heavy atom. The summed E-state index contributed by atoms with van der Waals surface area (Å²) < 4.78 is 5.61. The van der Waals surface area contributed by atoms with E-state index in [0.29, 0.717) is 13.0 Å². The average molecular weight is 479 g/mol. The predicted octanol–water partition coefficient (Wildman–Crippen LogP) is 4.37. The van der Waals surface area contributed by atoms with E-state index in [1.807, 2.05) is 45.0 Å². The first-order chi connectivity index (χ1) is 16.8. The molecule has 1 aliphatic heterocycles. The standard InChI is InChI=1S/C28H34N2O5/c1-17(2)12-19(26(31)30-14-18(3)24(15-30)27(32)33)13-29-28(34)35-16-25-22-10-6-4-8-20(22)21-9-5-7-11-23(21)25/h4-11,17-19,24-25H,12-16H2,1-3H3,(H,29,34)(H,32,33)/t18-,19?,24-/m1/s1. The minimum atomic E-state index is -0.870. The van der Waals surface area contributed by atoms with Gasteiger partial charge in [0.2, 0.25) is 5.91 Å². The molecule has 7 heteroatoms. The Morgan fingerprint density at radius 1 is 1.03 bits per heavy atom. The number of carboxylic acids is 1. The third-order valence-corrected chi connectivity index (χ3v) is 7.18. The Kier molecular flexibility index (Phi) is 7.43. The highest BCUT2D eigenvalue weighted by atomic mass is 16.5. The summed E-state index contributed by atoms with van der Waals surface area (Å²) in [4.78, 5) is 38.9. The van der Waals surface area contributed by atoms with Gasteiger partial charge in [-0.1, -0.05) is 69.3 Å². The Bertz CT molecular complexity index is 1050. The molecule has 2 aromatic carbocycles. The molecule has 2 aliphatic rings. The van der Waals surface area contributed by atoms with Crippen LogP contribution in [0.2, 0.25) is 0 Å². The number of rotatable bonds is 8. The van der Waals surface area contributed by atoms with Gasteiger partial charge in [-0.05, 0) is 40.5 Å². The zero-order valence-corrected chi connectivity index (χ0v) is 20.6. The van der Waals surface area contributed by atoms with Crippen molar-refractivity contribution in [2.45, 2.75) is 33.1 Å². The molecule has 0 spiro atoms. The van der Waals surface area contributed by atoms with E-state index in [9.17, 15) is 19.5 Å². The molecular weight excluding hydrogens is 444 g/mol. The molecule has 1 aliphatic carbocycles. The first-order valence-corrected chi connectivity index (χ1v) is 12.4. The molecule has 1 fully saturated rings. The molecule has 1 saturated heterocycles. The molecule has 35 heavy (non-hydrogen) atoms. The third kappa shape index (κ3) is 5.34. The topological polar surface area (TPSA) is 95.9 Å². The maximum Gasteiger partial charge on any atom is 0.407 e. The SMILES string of the molecule is CC(C)CC(CNC(=O)OCC1c2ccccc2-c2ccccc21)C(=O)N1C[C@@H](C)[C@H](C(=O)O)C1. The van der Waals surface area contributed by atoms with Gasteiger partial charge in [0, 0.05) is 25.6 Å². The van der Waals surface area contributed by atoms with Crippen molar-refractivity contribution in [3.63, 3.8) is 0 Å². The van der Waals surface area contributed by atoms with Crippen LogP contribution in [0.15, 0.2) is 48.5 Å². The molecule has 1 heterocycles. The molecule has 7 nitrogen and oxygen atoms in total. The minimum absolute atomic E-state index is 0.0275. The van der Waals surface area contributed by atoms with Crippen LogP contribution in [-0.4, -0.2) is 54.2 Å². The number of amides is 2. The molecule has 2 N–H and O–H groups in total. The van der Waals surface area contributed by atoms with Gasteiger partial charge in [0.1, 0.15) is 6.61 Å². The van der Waals surface area contributed by atoms with Crippen molar-refractivity contribution in [3.05, 3.63) is 59.7 Å². The van der Waals surface area contributed by atoms with E-state index in [-0.39, 0.29) is 43.4 Å². The van der Waals surface area contributed by atoms with Gasteiger partial charge in [0.15, 0.2) is 0 Å². The Labute approximate surface area is 206 Å². The maximum absolute atomic E-state index is 13.2. The summed E-state index contributed by atoms with van der Waals surface area (Å²) in [5.41, 5.74) is 4.62. The molecule has 3 atom stereocenters. The summed E-state index contributed by atoms with van der Waals surface area (Å²) in [6.07, 6.45) is 0.0529. The van der Waals surface area contributed by atoms with Gasteiger partial charge in [-0.3, -0.25) is 9.59 Å². The van der Waals surface area contributed by atoms with E-state index in [0.717, 1.165) is 11.1 Å². The van der Waals surface area contributed by atoms with Gasteiger partial charge in [-0.15, -0.1) is 0 Å². The van der Waals surface area contributed by atoms with Crippen LogP contribution in [0, 0.1) is 23.7 Å². The molecule has 0 bridgehead atoms. The van der Waals surface area contributed by atoms with Crippen molar-refractivity contribution in [2.24, 2.45) is 23.7 Å². The average Bonchev–Trinajstić information content (AvgIpc) is 3.38. The second-order valence-electron chi connectivity index (χ2n) is 10.2. The summed E-state index contributed by atoms with van der Waals surface area (Å²) in [7, 11) is 0. The largest absolute Gasteiger partial charge is 0.481 e. The predicted molar refractivity (Wildman–Crippen MR) is 133 cm³/mol. The van der Waals surface area contributed by atoms with Crippen LogP contribution in [0.25, 0.3) is 11.1 Å². The van der Waals surface area contributed by atoms with E-state index >= 15 is 0 Å². The number of ether oxygens (including phenoxy) is 1. The maximum atomic E-state index is 13.2. The summed E-state index contributed by atoms with van der Waals surface area (Å²) in [6, 6.07) is 16.3. The first-order valence-electron chi connectivity index (χ1n) is 12.4. The fraction of sp³-hybridized carbons (Fsp3) is 0.464. The molecule has 0 saturated carbocycles. The van der Waals surface area contributed by atoms with Crippen molar-refractivity contribution >= 4 is 18.0 Å². The summed E-state index contributed by atoms with van der Waals surface area (Å²) >= 11 is 0. The van der Waals surface area contributed by atoms with E-state index in [4.69, 9.17) is 4.74 Å². The number of alkyl carbamates (subject to hydrolysis) is 1. The lowest BCUT2D eigenvalue weighted by atomic mass is 9.95. The smallest absolute Gasteiger partial charge is 0.407 e. The zero-order valence-electron chi connectivity index (χ0n) is 20.6. The van der Waals surface area contributed by atoms with Gasteiger partial charge in [0.25, 0.3) is 0 Å². The van der Waals surface area contributed by atoms with Gasteiger partial charge in [0.05, 0.1) is 11.8 Å². The number of carboxylic acid groups (broad SMARTS) is 1. The van der Waals surface area contributed by atoms with E-state index in [1.165, 1.54) is 11.1 Å². The number of aliphatic carboxylic acids is 1. The number of nitrogens with one attached hydrogen (secondary N) is 1. The lowest BCUT2D eigenvalue weighted by Crippen LogP contribution is -2.41. The van der Waals surface area contributed by atoms with Gasteiger partial charge >= 0.3 is 12.1 Å². The van der Waals surface area contributed by atoms with Crippen LogP contribution >= 0.6 is 0 Å². The number of likely N-dealkylation sites (tertiary alicyclic amines) is 1. The van der Waals surface area contributed by atoms with E-state index < -0.39 is 23.9 Å². The first kappa shape index (κ1) is 24.8. The second kappa shape index (κ2) is 10.5. The van der Waals surface area contributed by atoms with Crippen molar-refractivity contribution < 1.29 is 24.2 Å². The number of carbonyl (C=O) groups excluding carboxylic acids is 2. The van der Waals surface area contributed by atoms with Crippen molar-refractivity contribution in [1.29, 1.82) is 0 Å². The fourth-order valence-corrected chi connectivity index (χ4v) is 5.42. The Balaban J connectivity index is 1.36. The fourth-order valence-electron chi connectivity index (χ4n) is 5.42. The molecule has 1 unspecified atom stereocenters. The number of benzene rings is 2. The lowest BCUT2D eigenvalue weighted by molar-refractivity contribution is -0.142. The quantitative estimate of drug-likeness (QED) is 0.588. The van der Waals surface area contributed by atoms with Crippen molar-refractivity contribution in [2.75, 3.05) is 26.2 Å².